The van der Waals surface area contributed by atoms with Crippen LogP contribution in [0.1, 0.15) is 35.8 Å². The average molecular weight is 371 g/mol. The van der Waals surface area contributed by atoms with Crippen molar-refractivity contribution in [1.29, 1.82) is 0 Å². The molecule has 1 aromatic heterocycles. The predicted molar refractivity (Wildman–Crippen MR) is 105 cm³/mol. The topological polar surface area (TPSA) is 40.6 Å². The average Bonchev–Trinajstić information content (AvgIpc) is 3.15. The first kappa shape index (κ1) is 18.6. The van der Waals surface area contributed by atoms with Crippen LogP contribution < -0.4 is 0 Å². The Labute approximate surface area is 159 Å². The van der Waals surface area contributed by atoms with Gasteiger partial charge in [-0.2, -0.15) is 0 Å². The molecule has 1 saturated heterocycles. The Bertz CT molecular complexity index is 730. The largest absolute Gasteiger partial charge is 0.339 e. The molecule has 0 spiro atoms. The summed E-state index contributed by atoms with van der Waals surface area (Å²) in [5.41, 5.74) is 2.34. The molecule has 2 aromatic rings. The van der Waals surface area contributed by atoms with Gasteiger partial charge >= 0.3 is 0 Å². The van der Waals surface area contributed by atoms with Crippen LogP contribution in [0.15, 0.2) is 41.8 Å². The second-order valence-electron chi connectivity index (χ2n) is 7.09. The minimum Gasteiger partial charge on any atom is -0.339 e. The van der Waals surface area contributed by atoms with Gasteiger partial charge in [0, 0.05) is 31.1 Å². The standard InChI is InChI=1S/C21H26N2O2S/c1-16(2)18-7-5-17(6-8-18)14-20(24)22-9-11-23(12-10-22)21(25)15-19-4-3-13-26-19/h3-8,13,16H,9-12,14-15H2,1-2H3. The summed E-state index contributed by atoms with van der Waals surface area (Å²) in [7, 11) is 0. The maximum atomic E-state index is 12.5. The summed E-state index contributed by atoms with van der Waals surface area (Å²) in [5.74, 6) is 0.802. The minimum atomic E-state index is 0.146. The van der Waals surface area contributed by atoms with Crippen molar-refractivity contribution in [2.24, 2.45) is 0 Å². The van der Waals surface area contributed by atoms with Gasteiger partial charge in [0.1, 0.15) is 0 Å². The molecule has 1 fully saturated rings. The van der Waals surface area contributed by atoms with Crippen molar-refractivity contribution in [2.45, 2.75) is 32.6 Å². The normalized spacial score (nSPS) is 14.7. The van der Waals surface area contributed by atoms with Crippen molar-refractivity contribution in [3.63, 3.8) is 0 Å². The lowest BCUT2D eigenvalue weighted by Crippen LogP contribution is -2.51. The Hall–Kier alpha value is -2.14. The second-order valence-corrected chi connectivity index (χ2v) is 8.12. The highest BCUT2D eigenvalue weighted by Crippen LogP contribution is 2.16. The molecule has 4 nitrogen and oxygen atoms in total. The Morgan fingerprint density at radius 2 is 1.50 bits per heavy atom. The Kier molecular flexibility index (Phi) is 6.09. The fraction of sp³-hybridized carbons (Fsp3) is 0.429. The number of amides is 2. The summed E-state index contributed by atoms with van der Waals surface area (Å²) < 4.78 is 0. The van der Waals surface area contributed by atoms with E-state index >= 15 is 0 Å². The van der Waals surface area contributed by atoms with Crippen LogP contribution in [0.2, 0.25) is 0 Å². The molecule has 26 heavy (non-hydrogen) atoms. The van der Waals surface area contributed by atoms with E-state index in [4.69, 9.17) is 0 Å². The summed E-state index contributed by atoms with van der Waals surface area (Å²) in [4.78, 5) is 29.7. The fourth-order valence-corrected chi connectivity index (χ4v) is 3.88. The van der Waals surface area contributed by atoms with E-state index in [9.17, 15) is 9.59 Å². The zero-order valence-corrected chi connectivity index (χ0v) is 16.3. The molecule has 0 N–H and O–H groups in total. The molecular formula is C21H26N2O2S. The number of hydrogen-bond donors (Lipinski definition) is 0. The third-order valence-corrected chi connectivity index (χ3v) is 5.77. The van der Waals surface area contributed by atoms with Gasteiger partial charge in [-0.05, 0) is 28.5 Å². The number of rotatable bonds is 5. The number of benzene rings is 1. The molecule has 0 atom stereocenters. The third kappa shape index (κ3) is 4.73. The second kappa shape index (κ2) is 8.49. The van der Waals surface area contributed by atoms with E-state index in [0.29, 0.717) is 44.9 Å². The van der Waals surface area contributed by atoms with E-state index in [1.165, 1.54) is 5.56 Å². The molecule has 0 bridgehead atoms. The van der Waals surface area contributed by atoms with E-state index in [1.54, 1.807) is 11.3 Å². The van der Waals surface area contributed by atoms with Crippen LogP contribution in [0.4, 0.5) is 0 Å². The van der Waals surface area contributed by atoms with Crippen molar-refractivity contribution < 1.29 is 9.59 Å². The van der Waals surface area contributed by atoms with Crippen molar-refractivity contribution in [1.82, 2.24) is 9.80 Å². The summed E-state index contributed by atoms with van der Waals surface area (Å²) in [6, 6.07) is 12.3. The van der Waals surface area contributed by atoms with E-state index in [2.05, 4.69) is 26.0 Å². The summed E-state index contributed by atoms with van der Waals surface area (Å²) in [6.45, 7) is 6.83. The van der Waals surface area contributed by atoms with Gasteiger partial charge < -0.3 is 9.80 Å². The van der Waals surface area contributed by atoms with Gasteiger partial charge in [0.25, 0.3) is 0 Å². The number of thiophene rings is 1. The van der Waals surface area contributed by atoms with Crippen LogP contribution in [-0.2, 0) is 22.4 Å². The maximum absolute atomic E-state index is 12.5. The van der Waals surface area contributed by atoms with Crippen molar-refractivity contribution >= 4 is 23.2 Å². The number of piperazine rings is 1. The van der Waals surface area contributed by atoms with Crippen LogP contribution in [0.3, 0.4) is 0 Å². The number of carbonyl (C=O) groups is 2. The molecule has 0 radical (unpaired) electrons. The molecule has 0 unspecified atom stereocenters. The van der Waals surface area contributed by atoms with Gasteiger partial charge in [-0.3, -0.25) is 9.59 Å². The quantitative estimate of drug-likeness (QED) is 0.810. The first-order valence-corrected chi connectivity index (χ1v) is 10.1. The molecule has 0 aliphatic carbocycles. The number of nitrogens with zero attached hydrogens (tertiary/aromatic N) is 2. The van der Waals surface area contributed by atoms with Crippen molar-refractivity contribution in [3.05, 3.63) is 57.8 Å². The van der Waals surface area contributed by atoms with Crippen LogP contribution in [-0.4, -0.2) is 47.8 Å². The summed E-state index contributed by atoms with van der Waals surface area (Å²) in [6.07, 6.45) is 0.898. The molecular weight excluding hydrogens is 344 g/mol. The van der Waals surface area contributed by atoms with Crippen LogP contribution in [0.25, 0.3) is 0 Å². The van der Waals surface area contributed by atoms with E-state index in [0.717, 1.165) is 10.4 Å². The van der Waals surface area contributed by atoms with Crippen molar-refractivity contribution in [3.8, 4) is 0 Å². The number of hydrogen-bond acceptors (Lipinski definition) is 3. The fourth-order valence-electron chi connectivity index (χ4n) is 3.19. The lowest BCUT2D eigenvalue weighted by Gasteiger charge is -2.35. The van der Waals surface area contributed by atoms with E-state index in [1.807, 2.05) is 39.4 Å². The maximum Gasteiger partial charge on any atom is 0.227 e. The Morgan fingerprint density at radius 1 is 0.923 bits per heavy atom. The highest BCUT2D eigenvalue weighted by Gasteiger charge is 2.24. The van der Waals surface area contributed by atoms with Gasteiger partial charge in [-0.15, -0.1) is 11.3 Å². The minimum absolute atomic E-state index is 0.146. The summed E-state index contributed by atoms with van der Waals surface area (Å²) in [5, 5.41) is 1.99. The van der Waals surface area contributed by atoms with Crippen LogP contribution in [0, 0.1) is 0 Å². The molecule has 5 heteroatoms. The zero-order chi connectivity index (χ0) is 18.5. The zero-order valence-electron chi connectivity index (χ0n) is 15.5. The molecule has 2 amide bonds. The smallest absolute Gasteiger partial charge is 0.227 e. The SMILES string of the molecule is CC(C)c1ccc(CC(=O)N2CCN(C(=O)Cc3cccs3)CC2)cc1. The molecule has 3 rings (SSSR count). The van der Waals surface area contributed by atoms with Gasteiger partial charge in [0.05, 0.1) is 12.8 Å². The Morgan fingerprint density at radius 3 is 2.00 bits per heavy atom. The van der Waals surface area contributed by atoms with E-state index < -0.39 is 0 Å². The lowest BCUT2D eigenvalue weighted by molar-refractivity contribution is -0.138. The first-order valence-electron chi connectivity index (χ1n) is 9.19. The predicted octanol–water partition coefficient (Wildman–Crippen LogP) is 3.33. The van der Waals surface area contributed by atoms with Gasteiger partial charge in [-0.1, -0.05) is 44.2 Å². The molecule has 1 aliphatic heterocycles. The molecule has 1 aliphatic rings. The Balaban J connectivity index is 1.48. The van der Waals surface area contributed by atoms with Gasteiger partial charge in [0.2, 0.25) is 11.8 Å². The van der Waals surface area contributed by atoms with Crippen LogP contribution >= 0.6 is 11.3 Å². The summed E-state index contributed by atoms with van der Waals surface area (Å²) >= 11 is 1.61. The monoisotopic (exact) mass is 370 g/mol. The molecule has 1 aromatic carbocycles. The van der Waals surface area contributed by atoms with Gasteiger partial charge in [0.15, 0.2) is 0 Å². The van der Waals surface area contributed by atoms with Gasteiger partial charge in [-0.25, -0.2) is 0 Å². The first-order chi connectivity index (χ1) is 12.5. The third-order valence-electron chi connectivity index (χ3n) is 4.89. The molecule has 2 heterocycles. The van der Waals surface area contributed by atoms with Crippen molar-refractivity contribution in [2.75, 3.05) is 26.2 Å². The lowest BCUT2D eigenvalue weighted by atomic mass is 10.0. The molecule has 0 saturated carbocycles. The highest BCUT2D eigenvalue weighted by molar-refractivity contribution is 7.10. The highest BCUT2D eigenvalue weighted by atomic mass is 32.1. The van der Waals surface area contributed by atoms with Crippen LogP contribution in [0.5, 0.6) is 0 Å². The number of carbonyl (C=O) groups excluding carboxylic acids is 2. The molecule has 138 valence electrons. The van der Waals surface area contributed by atoms with E-state index in [-0.39, 0.29) is 11.8 Å².